The molecule has 1 aromatic heterocycles. The number of halogens is 3. The van der Waals surface area contributed by atoms with Gasteiger partial charge in [-0.05, 0) is 47.8 Å². The highest BCUT2D eigenvalue weighted by Gasteiger charge is 2.09. The van der Waals surface area contributed by atoms with Crippen molar-refractivity contribution >= 4 is 47.8 Å². The van der Waals surface area contributed by atoms with Crippen LogP contribution in [-0.2, 0) is 6.54 Å². The molecule has 1 N–H and O–H groups in total. The Morgan fingerprint density at radius 2 is 2.00 bits per heavy atom. The molecule has 0 bridgehead atoms. The molecule has 0 atom stereocenters. The van der Waals surface area contributed by atoms with Gasteiger partial charge in [0.05, 0.1) is 17.6 Å². The Balaban J connectivity index is 2.98. The zero-order chi connectivity index (χ0) is 8.43. The molecule has 6 heteroatoms. The molecule has 1 rings (SSSR count). The standard InChI is InChI=1S/C5H5Br3N2O/c6-3-4(7)9-10(1-2-11)5(3)8/h11H,1-2H2. The average molecular weight is 349 g/mol. The van der Waals surface area contributed by atoms with Crippen LogP contribution in [0.1, 0.15) is 0 Å². The molecule has 1 aromatic rings. The number of rotatable bonds is 2. The first-order valence-corrected chi connectivity index (χ1v) is 5.23. The first kappa shape index (κ1) is 9.70. The molecule has 0 amide bonds. The lowest BCUT2D eigenvalue weighted by Gasteiger charge is -1.97. The summed E-state index contributed by atoms with van der Waals surface area (Å²) in [5, 5.41) is 12.7. The largest absolute Gasteiger partial charge is 0.394 e. The van der Waals surface area contributed by atoms with E-state index in [1.165, 1.54) is 0 Å². The van der Waals surface area contributed by atoms with Gasteiger partial charge in [-0.15, -0.1) is 0 Å². The third kappa shape index (κ3) is 2.05. The van der Waals surface area contributed by atoms with Crippen molar-refractivity contribution in [3.63, 3.8) is 0 Å². The topological polar surface area (TPSA) is 38.0 Å². The molecule has 0 radical (unpaired) electrons. The van der Waals surface area contributed by atoms with E-state index in [1.54, 1.807) is 4.68 Å². The van der Waals surface area contributed by atoms with Gasteiger partial charge in [0.15, 0.2) is 0 Å². The summed E-state index contributed by atoms with van der Waals surface area (Å²) in [6.07, 6.45) is 0. The molecule has 1 heterocycles. The molecule has 0 aromatic carbocycles. The van der Waals surface area contributed by atoms with Gasteiger partial charge in [-0.2, -0.15) is 5.10 Å². The van der Waals surface area contributed by atoms with E-state index in [1.807, 2.05) is 0 Å². The van der Waals surface area contributed by atoms with Gasteiger partial charge in [-0.25, -0.2) is 0 Å². The number of nitrogens with zero attached hydrogens (tertiary/aromatic N) is 2. The van der Waals surface area contributed by atoms with Crippen LogP contribution in [0.5, 0.6) is 0 Å². The van der Waals surface area contributed by atoms with Gasteiger partial charge in [-0.1, -0.05) is 0 Å². The monoisotopic (exact) mass is 346 g/mol. The van der Waals surface area contributed by atoms with E-state index >= 15 is 0 Å². The van der Waals surface area contributed by atoms with Crippen molar-refractivity contribution in [3.05, 3.63) is 13.7 Å². The van der Waals surface area contributed by atoms with Crippen molar-refractivity contribution in [3.8, 4) is 0 Å². The predicted octanol–water partition coefficient (Wildman–Crippen LogP) is 2.16. The number of aromatic nitrogens is 2. The second-order valence-electron chi connectivity index (χ2n) is 1.84. The third-order valence-electron chi connectivity index (χ3n) is 1.11. The minimum Gasteiger partial charge on any atom is -0.394 e. The van der Waals surface area contributed by atoms with E-state index in [0.29, 0.717) is 6.54 Å². The Bertz CT molecular complexity index is 260. The van der Waals surface area contributed by atoms with Gasteiger partial charge in [0.1, 0.15) is 9.21 Å². The molecule has 0 aliphatic rings. The fraction of sp³-hybridized carbons (Fsp3) is 0.400. The van der Waals surface area contributed by atoms with E-state index in [4.69, 9.17) is 5.11 Å². The van der Waals surface area contributed by atoms with Gasteiger partial charge in [0.25, 0.3) is 0 Å². The van der Waals surface area contributed by atoms with Crippen molar-refractivity contribution in [1.29, 1.82) is 0 Å². The maximum atomic E-state index is 8.63. The van der Waals surface area contributed by atoms with Crippen LogP contribution in [0.25, 0.3) is 0 Å². The molecule has 0 fully saturated rings. The quantitative estimate of drug-likeness (QED) is 0.889. The lowest BCUT2D eigenvalue weighted by Crippen LogP contribution is -2.03. The van der Waals surface area contributed by atoms with Crippen LogP contribution < -0.4 is 0 Å². The van der Waals surface area contributed by atoms with Crippen molar-refractivity contribution in [1.82, 2.24) is 9.78 Å². The highest BCUT2D eigenvalue weighted by molar-refractivity contribution is 9.14. The second-order valence-corrected chi connectivity index (χ2v) is 4.14. The van der Waals surface area contributed by atoms with Crippen LogP contribution in [0.4, 0.5) is 0 Å². The summed E-state index contributed by atoms with van der Waals surface area (Å²) in [7, 11) is 0. The molecule has 0 saturated heterocycles. The van der Waals surface area contributed by atoms with Crippen molar-refractivity contribution in [2.45, 2.75) is 6.54 Å². The smallest absolute Gasteiger partial charge is 0.143 e. The molecular weight excluding hydrogens is 344 g/mol. The van der Waals surface area contributed by atoms with Gasteiger partial charge in [0, 0.05) is 0 Å². The lowest BCUT2D eigenvalue weighted by atomic mass is 10.7. The maximum absolute atomic E-state index is 8.63. The Labute approximate surface area is 89.2 Å². The fourth-order valence-electron chi connectivity index (χ4n) is 0.635. The van der Waals surface area contributed by atoms with Crippen LogP contribution in [0.3, 0.4) is 0 Å². The molecule has 0 aliphatic carbocycles. The van der Waals surface area contributed by atoms with E-state index in [9.17, 15) is 0 Å². The van der Waals surface area contributed by atoms with Crippen LogP contribution >= 0.6 is 47.8 Å². The van der Waals surface area contributed by atoms with Crippen LogP contribution in [0.15, 0.2) is 13.7 Å². The van der Waals surface area contributed by atoms with Gasteiger partial charge >= 0.3 is 0 Å². The summed E-state index contributed by atoms with van der Waals surface area (Å²) in [6.45, 7) is 0.573. The zero-order valence-electron chi connectivity index (χ0n) is 5.39. The Morgan fingerprint density at radius 1 is 1.36 bits per heavy atom. The molecule has 0 saturated carbocycles. The lowest BCUT2D eigenvalue weighted by molar-refractivity contribution is 0.268. The molecule has 0 spiro atoms. The van der Waals surface area contributed by atoms with E-state index in [2.05, 4.69) is 52.9 Å². The van der Waals surface area contributed by atoms with Crippen molar-refractivity contribution in [2.75, 3.05) is 6.61 Å². The number of hydrogen-bond acceptors (Lipinski definition) is 2. The fourth-order valence-corrected chi connectivity index (χ4v) is 2.01. The van der Waals surface area contributed by atoms with E-state index < -0.39 is 0 Å². The highest BCUT2D eigenvalue weighted by Crippen LogP contribution is 2.29. The molecular formula is C5H5Br3N2O. The van der Waals surface area contributed by atoms with Crippen molar-refractivity contribution in [2.24, 2.45) is 0 Å². The van der Waals surface area contributed by atoms with Crippen LogP contribution in [0.2, 0.25) is 0 Å². The summed E-state index contributed by atoms with van der Waals surface area (Å²) < 4.78 is 4.09. The minimum absolute atomic E-state index is 0.0825. The summed E-state index contributed by atoms with van der Waals surface area (Å²) in [4.78, 5) is 0. The minimum atomic E-state index is 0.0825. The third-order valence-corrected chi connectivity index (χ3v) is 4.29. The molecule has 0 unspecified atom stereocenters. The normalized spacial score (nSPS) is 10.5. The predicted molar refractivity (Wildman–Crippen MR) is 52.4 cm³/mol. The number of aliphatic hydroxyl groups excluding tert-OH is 1. The van der Waals surface area contributed by atoms with Gasteiger partial charge < -0.3 is 5.11 Å². The molecule has 0 aliphatic heterocycles. The van der Waals surface area contributed by atoms with Gasteiger partial charge in [0.2, 0.25) is 0 Å². The van der Waals surface area contributed by atoms with Gasteiger partial charge in [-0.3, -0.25) is 4.68 Å². The Hall–Kier alpha value is 0.610. The van der Waals surface area contributed by atoms with Crippen LogP contribution in [0, 0.1) is 0 Å². The summed E-state index contributed by atoms with van der Waals surface area (Å²) >= 11 is 9.87. The summed E-state index contributed by atoms with van der Waals surface area (Å²) in [5.74, 6) is 0. The van der Waals surface area contributed by atoms with Crippen molar-refractivity contribution < 1.29 is 5.11 Å². The maximum Gasteiger partial charge on any atom is 0.143 e. The van der Waals surface area contributed by atoms with E-state index in [-0.39, 0.29) is 6.61 Å². The summed E-state index contributed by atoms with van der Waals surface area (Å²) in [6, 6.07) is 0. The number of hydrogen-bond donors (Lipinski definition) is 1. The molecule has 11 heavy (non-hydrogen) atoms. The molecule has 62 valence electrons. The van der Waals surface area contributed by atoms with E-state index in [0.717, 1.165) is 13.7 Å². The first-order valence-electron chi connectivity index (χ1n) is 2.85. The Morgan fingerprint density at radius 3 is 2.36 bits per heavy atom. The number of aliphatic hydroxyl groups is 1. The summed E-state index contributed by atoms with van der Waals surface area (Å²) in [5.41, 5.74) is 0. The SMILES string of the molecule is OCCn1nc(Br)c(Br)c1Br. The van der Waals surface area contributed by atoms with Crippen LogP contribution in [-0.4, -0.2) is 21.5 Å². The second kappa shape index (κ2) is 4.02. The highest BCUT2D eigenvalue weighted by atomic mass is 79.9. The molecule has 3 nitrogen and oxygen atoms in total. The first-order chi connectivity index (χ1) is 5.16. The average Bonchev–Trinajstić information content (AvgIpc) is 2.19. The Kier molecular flexibility index (Phi) is 3.54. The zero-order valence-corrected chi connectivity index (χ0v) is 10.1.